The van der Waals surface area contributed by atoms with Gasteiger partial charge in [-0.05, 0) is 24.3 Å². The number of nitrogens with zero attached hydrogens (tertiary/aromatic N) is 2. The van der Waals surface area contributed by atoms with E-state index in [0.29, 0.717) is 11.4 Å². The van der Waals surface area contributed by atoms with Gasteiger partial charge in [-0.2, -0.15) is 0 Å². The number of hydrogen-bond acceptors (Lipinski definition) is 4. The van der Waals surface area contributed by atoms with Gasteiger partial charge in [0.25, 0.3) is 5.91 Å². The highest BCUT2D eigenvalue weighted by Gasteiger charge is 2.55. The van der Waals surface area contributed by atoms with Crippen LogP contribution in [0.5, 0.6) is 0 Å². The highest BCUT2D eigenvalue weighted by Crippen LogP contribution is 2.46. The summed E-state index contributed by atoms with van der Waals surface area (Å²) < 4.78 is 0. The Morgan fingerprint density at radius 1 is 0.958 bits per heavy atom. The van der Waals surface area contributed by atoms with Crippen molar-refractivity contribution in [3.63, 3.8) is 0 Å². The second-order valence-corrected chi connectivity index (χ2v) is 6.87. The predicted octanol–water partition coefficient (Wildman–Crippen LogP) is 2.46. The topological polar surface area (TPSA) is 57.7 Å². The molecular formula is C18H14N2O3S. The molecule has 0 saturated carbocycles. The molecule has 5 nitrogen and oxygen atoms in total. The van der Waals surface area contributed by atoms with Crippen molar-refractivity contribution in [1.29, 1.82) is 0 Å². The zero-order valence-corrected chi connectivity index (χ0v) is 13.7. The van der Waals surface area contributed by atoms with Crippen molar-refractivity contribution in [2.45, 2.75) is 23.1 Å². The fourth-order valence-corrected chi connectivity index (χ4v) is 4.52. The highest BCUT2D eigenvalue weighted by atomic mass is 32.2. The molecule has 24 heavy (non-hydrogen) atoms. The Morgan fingerprint density at radius 3 is 2.33 bits per heavy atom. The molecule has 1 fully saturated rings. The molecule has 0 bridgehead atoms. The quantitative estimate of drug-likeness (QED) is 0.750. The van der Waals surface area contributed by atoms with Crippen molar-refractivity contribution in [1.82, 2.24) is 0 Å². The lowest BCUT2D eigenvalue weighted by Crippen LogP contribution is -2.50. The van der Waals surface area contributed by atoms with E-state index < -0.39 is 11.3 Å². The van der Waals surface area contributed by atoms with Crippen LogP contribution in [0.25, 0.3) is 0 Å². The highest BCUT2D eigenvalue weighted by molar-refractivity contribution is 8.01. The molecule has 0 radical (unpaired) electrons. The number of carbonyl (C=O) groups excluding carboxylic acids is 3. The summed E-state index contributed by atoms with van der Waals surface area (Å²) in [5, 5.41) is -0.614. The van der Waals surface area contributed by atoms with Crippen molar-refractivity contribution in [2.24, 2.45) is 0 Å². The minimum Gasteiger partial charge on any atom is -0.297 e. The summed E-state index contributed by atoms with van der Waals surface area (Å²) >= 11 is 1.35. The largest absolute Gasteiger partial charge is 0.297 e. The van der Waals surface area contributed by atoms with Gasteiger partial charge in [0.05, 0.1) is 11.4 Å². The third-order valence-corrected chi connectivity index (χ3v) is 5.55. The molecule has 1 saturated heterocycles. The van der Waals surface area contributed by atoms with E-state index >= 15 is 0 Å². The number of thioether (sulfide) groups is 1. The molecule has 2 unspecified atom stereocenters. The SMILES string of the molecule is CC(=O)N1c2ccccc2SC2C(=O)N(c3ccccc3)C(=O)C21. The number of para-hydroxylation sites is 2. The van der Waals surface area contributed by atoms with E-state index in [4.69, 9.17) is 0 Å². The first-order valence-electron chi connectivity index (χ1n) is 7.58. The first-order valence-corrected chi connectivity index (χ1v) is 8.46. The molecule has 6 heteroatoms. The lowest BCUT2D eigenvalue weighted by molar-refractivity contribution is -0.123. The Hall–Kier alpha value is -2.60. The minimum absolute atomic E-state index is 0.242. The maximum atomic E-state index is 13.0. The third kappa shape index (κ3) is 2.06. The van der Waals surface area contributed by atoms with E-state index in [1.165, 1.54) is 28.5 Å². The summed E-state index contributed by atoms with van der Waals surface area (Å²) in [4.78, 5) is 41.6. The molecule has 0 spiro atoms. The Morgan fingerprint density at radius 2 is 1.62 bits per heavy atom. The second-order valence-electron chi connectivity index (χ2n) is 5.69. The maximum Gasteiger partial charge on any atom is 0.258 e. The van der Waals surface area contributed by atoms with Gasteiger partial charge in [-0.1, -0.05) is 30.3 Å². The second kappa shape index (κ2) is 5.49. The van der Waals surface area contributed by atoms with Gasteiger partial charge in [0.2, 0.25) is 11.8 Å². The average Bonchev–Trinajstić information content (AvgIpc) is 2.84. The lowest BCUT2D eigenvalue weighted by atomic mass is 10.1. The van der Waals surface area contributed by atoms with Crippen LogP contribution in [-0.2, 0) is 14.4 Å². The van der Waals surface area contributed by atoms with Crippen LogP contribution in [-0.4, -0.2) is 29.0 Å². The normalized spacial score (nSPS) is 22.4. The lowest BCUT2D eigenvalue weighted by Gasteiger charge is -2.35. The fourth-order valence-electron chi connectivity index (χ4n) is 3.23. The fraction of sp³-hybridized carbons (Fsp3) is 0.167. The molecule has 0 aromatic heterocycles. The van der Waals surface area contributed by atoms with Gasteiger partial charge in [0.15, 0.2) is 0 Å². The van der Waals surface area contributed by atoms with Crippen LogP contribution in [0.1, 0.15) is 6.92 Å². The number of benzene rings is 2. The molecule has 2 atom stereocenters. The molecule has 2 aromatic carbocycles. The first-order chi connectivity index (χ1) is 11.6. The molecule has 0 aliphatic carbocycles. The van der Waals surface area contributed by atoms with Gasteiger partial charge in [-0.25, -0.2) is 4.90 Å². The summed E-state index contributed by atoms with van der Waals surface area (Å²) in [5.41, 5.74) is 1.22. The van der Waals surface area contributed by atoms with E-state index in [1.54, 1.807) is 24.3 Å². The molecule has 120 valence electrons. The van der Waals surface area contributed by atoms with Crippen molar-refractivity contribution in [3.8, 4) is 0 Å². The van der Waals surface area contributed by atoms with E-state index in [1.807, 2.05) is 30.3 Å². The number of amides is 3. The van der Waals surface area contributed by atoms with Crippen LogP contribution in [0.4, 0.5) is 11.4 Å². The maximum absolute atomic E-state index is 13.0. The predicted molar refractivity (Wildman–Crippen MR) is 92.0 cm³/mol. The number of carbonyl (C=O) groups is 3. The Bertz CT molecular complexity index is 852. The summed E-state index contributed by atoms with van der Waals surface area (Å²) in [6.07, 6.45) is 0. The number of imide groups is 1. The van der Waals surface area contributed by atoms with E-state index in [2.05, 4.69) is 0 Å². The van der Waals surface area contributed by atoms with E-state index in [9.17, 15) is 14.4 Å². The van der Waals surface area contributed by atoms with Crippen molar-refractivity contribution in [2.75, 3.05) is 9.80 Å². The van der Waals surface area contributed by atoms with Crippen LogP contribution >= 0.6 is 11.8 Å². The van der Waals surface area contributed by atoms with Gasteiger partial charge in [-0.3, -0.25) is 19.3 Å². The van der Waals surface area contributed by atoms with Crippen LogP contribution in [0, 0.1) is 0 Å². The molecule has 3 amide bonds. The van der Waals surface area contributed by atoms with Gasteiger partial charge < -0.3 is 0 Å². The van der Waals surface area contributed by atoms with Gasteiger partial charge in [0, 0.05) is 11.8 Å². The smallest absolute Gasteiger partial charge is 0.258 e. The van der Waals surface area contributed by atoms with Crippen molar-refractivity contribution >= 4 is 40.9 Å². The number of rotatable bonds is 1. The van der Waals surface area contributed by atoms with E-state index in [-0.39, 0.29) is 17.7 Å². The van der Waals surface area contributed by atoms with Crippen LogP contribution < -0.4 is 9.80 Å². The molecule has 2 aliphatic heterocycles. The summed E-state index contributed by atoms with van der Waals surface area (Å²) in [6, 6.07) is 15.4. The van der Waals surface area contributed by atoms with E-state index in [0.717, 1.165) is 4.90 Å². The molecule has 4 rings (SSSR count). The monoisotopic (exact) mass is 338 g/mol. The number of anilines is 2. The van der Waals surface area contributed by atoms with Gasteiger partial charge in [0.1, 0.15) is 11.3 Å². The van der Waals surface area contributed by atoms with Crippen LogP contribution in [0.15, 0.2) is 59.5 Å². The molecule has 2 aromatic rings. The molecule has 0 N–H and O–H groups in total. The van der Waals surface area contributed by atoms with Crippen LogP contribution in [0.2, 0.25) is 0 Å². The molecule has 2 heterocycles. The van der Waals surface area contributed by atoms with Crippen molar-refractivity contribution < 1.29 is 14.4 Å². The Kier molecular flexibility index (Phi) is 3.42. The summed E-state index contributed by atoms with van der Waals surface area (Å²) in [5.74, 6) is -0.871. The Labute approximate surface area is 143 Å². The first kappa shape index (κ1) is 15.0. The standard InChI is InChI=1S/C18H14N2O3S/c1-11(21)19-13-9-5-6-10-14(13)24-16-15(19)17(22)20(18(16)23)12-7-3-2-4-8-12/h2-10,15-16H,1H3. The zero-order valence-electron chi connectivity index (χ0n) is 12.9. The number of hydrogen-bond donors (Lipinski definition) is 0. The summed E-state index contributed by atoms with van der Waals surface area (Å²) in [6.45, 7) is 1.42. The third-order valence-electron chi connectivity index (χ3n) is 4.23. The average molecular weight is 338 g/mol. The number of fused-ring (bicyclic) bond motifs is 2. The van der Waals surface area contributed by atoms with Crippen molar-refractivity contribution in [3.05, 3.63) is 54.6 Å². The minimum atomic E-state index is -0.796. The zero-order chi connectivity index (χ0) is 16.8. The molecule has 2 aliphatic rings. The summed E-state index contributed by atoms with van der Waals surface area (Å²) in [7, 11) is 0. The Balaban J connectivity index is 1.83. The molecular weight excluding hydrogens is 324 g/mol. The van der Waals surface area contributed by atoms with Gasteiger partial charge >= 0.3 is 0 Å². The van der Waals surface area contributed by atoms with Gasteiger partial charge in [-0.15, -0.1) is 11.8 Å². The van der Waals surface area contributed by atoms with Crippen LogP contribution in [0.3, 0.4) is 0 Å².